The molecule has 1 saturated carbocycles. The monoisotopic (exact) mass is 393 g/mol. The molecule has 1 aliphatic carbocycles. The van der Waals surface area contributed by atoms with E-state index in [1.165, 1.54) is 17.4 Å². The number of rotatable bonds is 3. The molecule has 2 aliphatic rings. The number of halogens is 2. The van der Waals surface area contributed by atoms with Crippen LogP contribution in [0.5, 0.6) is 0 Å². The van der Waals surface area contributed by atoms with Crippen LogP contribution in [0.3, 0.4) is 0 Å². The number of carbonyl (C=O) groups is 2. The first kappa shape index (κ1) is 17.4. The summed E-state index contributed by atoms with van der Waals surface area (Å²) in [6.45, 7) is 2.66. The standard InChI is InChI=1S/C18H17ClFN3O2S/c1-2-10-4-3-5-11(15(10)20)16(24)22-6-7-23(14-8-13(14)22)17(25)12-9-26-18(19)21-12/h3-5,9,13-14H,2,6-8H2,1H3. The maximum absolute atomic E-state index is 14.5. The van der Waals surface area contributed by atoms with E-state index in [0.717, 1.165) is 0 Å². The topological polar surface area (TPSA) is 53.5 Å². The van der Waals surface area contributed by atoms with Gasteiger partial charge in [0.1, 0.15) is 11.5 Å². The van der Waals surface area contributed by atoms with E-state index in [1.54, 1.807) is 27.3 Å². The summed E-state index contributed by atoms with van der Waals surface area (Å²) < 4.78 is 14.8. The zero-order chi connectivity index (χ0) is 18.4. The van der Waals surface area contributed by atoms with Gasteiger partial charge in [0.05, 0.1) is 17.6 Å². The van der Waals surface area contributed by atoms with Gasteiger partial charge in [-0.15, -0.1) is 11.3 Å². The fraction of sp³-hybridized carbons (Fsp3) is 0.389. The van der Waals surface area contributed by atoms with Crippen LogP contribution in [-0.4, -0.2) is 51.8 Å². The first-order valence-corrected chi connectivity index (χ1v) is 9.77. The number of nitrogens with zero attached hydrogens (tertiary/aromatic N) is 3. The van der Waals surface area contributed by atoms with Gasteiger partial charge in [0.15, 0.2) is 4.47 Å². The molecule has 0 bridgehead atoms. The maximum Gasteiger partial charge on any atom is 0.273 e. The number of amides is 2. The van der Waals surface area contributed by atoms with Gasteiger partial charge >= 0.3 is 0 Å². The molecule has 0 spiro atoms. The normalized spacial score (nSPS) is 21.5. The summed E-state index contributed by atoms with van der Waals surface area (Å²) in [6, 6.07) is 4.85. The lowest BCUT2D eigenvalue weighted by Crippen LogP contribution is -2.50. The van der Waals surface area contributed by atoms with Gasteiger partial charge < -0.3 is 9.80 Å². The van der Waals surface area contributed by atoms with Gasteiger partial charge in [0.25, 0.3) is 11.8 Å². The molecule has 1 saturated heterocycles. The Morgan fingerprint density at radius 1 is 1.27 bits per heavy atom. The average Bonchev–Trinajstić information content (AvgIpc) is 3.33. The van der Waals surface area contributed by atoms with E-state index in [9.17, 15) is 14.0 Å². The van der Waals surface area contributed by atoms with Crippen molar-refractivity contribution in [1.82, 2.24) is 14.8 Å². The van der Waals surface area contributed by atoms with E-state index < -0.39 is 5.82 Å². The van der Waals surface area contributed by atoms with Gasteiger partial charge in [0, 0.05) is 18.5 Å². The molecule has 1 aliphatic heterocycles. The Kier molecular flexibility index (Phi) is 4.44. The van der Waals surface area contributed by atoms with Crippen LogP contribution in [0.15, 0.2) is 23.6 Å². The zero-order valence-corrected chi connectivity index (χ0v) is 15.7. The Morgan fingerprint density at radius 2 is 1.96 bits per heavy atom. The molecule has 0 radical (unpaired) electrons. The molecule has 2 fully saturated rings. The van der Waals surface area contributed by atoms with Crippen LogP contribution >= 0.6 is 22.9 Å². The summed E-state index contributed by atoms with van der Waals surface area (Å²) in [5.74, 6) is -0.895. The van der Waals surface area contributed by atoms with Crippen LogP contribution < -0.4 is 0 Å². The molecule has 5 nitrogen and oxygen atoms in total. The number of benzene rings is 1. The molecule has 26 heavy (non-hydrogen) atoms. The summed E-state index contributed by atoms with van der Waals surface area (Å²) in [7, 11) is 0. The predicted octanol–water partition coefficient (Wildman–Crippen LogP) is 3.24. The van der Waals surface area contributed by atoms with E-state index in [-0.39, 0.29) is 29.5 Å². The number of aryl methyl sites for hydroxylation is 1. The Labute approximate surface area is 159 Å². The number of thiazole rings is 1. The molecular formula is C18H17ClFN3O2S. The maximum atomic E-state index is 14.5. The van der Waals surface area contributed by atoms with Crippen molar-refractivity contribution in [3.05, 3.63) is 50.7 Å². The fourth-order valence-electron chi connectivity index (χ4n) is 3.56. The van der Waals surface area contributed by atoms with Crippen molar-refractivity contribution >= 4 is 34.8 Å². The molecule has 136 valence electrons. The summed E-state index contributed by atoms with van der Waals surface area (Å²) in [4.78, 5) is 32.9. The summed E-state index contributed by atoms with van der Waals surface area (Å²) in [5.41, 5.74) is 0.991. The molecule has 2 amide bonds. The molecule has 0 N–H and O–H groups in total. The second kappa shape index (κ2) is 6.63. The Morgan fingerprint density at radius 3 is 2.58 bits per heavy atom. The van der Waals surface area contributed by atoms with Gasteiger partial charge in [0.2, 0.25) is 0 Å². The highest BCUT2D eigenvalue weighted by Crippen LogP contribution is 2.38. The summed E-state index contributed by atoms with van der Waals surface area (Å²) in [6.07, 6.45) is 1.25. The van der Waals surface area contributed by atoms with E-state index in [2.05, 4.69) is 4.98 Å². The highest BCUT2D eigenvalue weighted by atomic mass is 35.5. The van der Waals surface area contributed by atoms with Crippen molar-refractivity contribution < 1.29 is 14.0 Å². The van der Waals surface area contributed by atoms with Gasteiger partial charge in [-0.1, -0.05) is 30.7 Å². The lowest BCUT2D eigenvalue weighted by atomic mass is 10.1. The van der Waals surface area contributed by atoms with Crippen molar-refractivity contribution in [2.24, 2.45) is 0 Å². The molecule has 1 aromatic carbocycles. The van der Waals surface area contributed by atoms with Crippen molar-refractivity contribution in [2.75, 3.05) is 13.1 Å². The highest BCUT2D eigenvalue weighted by molar-refractivity contribution is 7.14. The molecular weight excluding hydrogens is 377 g/mol. The highest BCUT2D eigenvalue weighted by Gasteiger charge is 2.52. The average molecular weight is 394 g/mol. The summed E-state index contributed by atoms with van der Waals surface area (Å²) in [5, 5.41) is 1.64. The third kappa shape index (κ3) is 2.89. The minimum absolute atomic E-state index is 0.0295. The minimum Gasteiger partial charge on any atom is -0.332 e. The van der Waals surface area contributed by atoms with Crippen LogP contribution in [0, 0.1) is 5.82 Å². The van der Waals surface area contributed by atoms with E-state index in [4.69, 9.17) is 11.6 Å². The fourth-order valence-corrected chi connectivity index (χ4v) is 4.30. The predicted molar refractivity (Wildman–Crippen MR) is 97.2 cm³/mol. The van der Waals surface area contributed by atoms with E-state index in [0.29, 0.717) is 41.7 Å². The minimum atomic E-state index is -0.437. The molecule has 2 heterocycles. The SMILES string of the molecule is CCc1cccc(C(=O)N2CCN(C(=O)c3csc(Cl)n3)C3CC32)c1F. The first-order valence-electron chi connectivity index (χ1n) is 8.51. The largest absolute Gasteiger partial charge is 0.332 e. The van der Waals surface area contributed by atoms with Crippen LogP contribution in [0.25, 0.3) is 0 Å². The van der Waals surface area contributed by atoms with Crippen LogP contribution in [0.1, 0.15) is 39.8 Å². The third-order valence-corrected chi connectivity index (χ3v) is 5.99. The van der Waals surface area contributed by atoms with Crippen molar-refractivity contribution in [2.45, 2.75) is 31.8 Å². The number of fused-ring (bicyclic) bond motifs is 1. The van der Waals surface area contributed by atoms with Gasteiger partial charge in [-0.05, 0) is 24.5 Å². The number of hydrogen-bond donors (Lipinski definition) is 0. The van der Waals surface area contributed by atoms with E-state index in [1.807, 2.05) is 6.92 Å². The van der Waals surface area contributed by atoms with E-state index >= 15 is 0 Å². The quantitative estimate of drug-likeness (QED) is 0.804. The number of aromatic nitrogens is 1. The van der Waals surface area contributed by atoms with Crippen molar-refractivity contribution in [3.8, 4) is 0 Å². The lowest BCUT2D eigenvalue weighted by Gasteiger charge is -2.34. The molecule has 8 heteroatoms. The first-order chi connectivity index (χ1) is 12.5. The second-order valence-electron chi connectivity index (χ2n) is 6.49. The zero-order valence-electron chi connectivity index (χ0n) is 14.1. The van der Waals surface area contributed by atoms with Crippen LogP contribution in [-0.2, 0) is 6.42 Å². The molecule has 2 unspecified atom stereocenters. The lowest BCUT2D eigenvalue weighted by molar-refractivity contribution is 0.0521. The Bertz CT molecular complexity index is 887. The molecule has 2 aromatic rings. The smallest absolute Gasteiger partial charge is 0.273 e. The number of hydrogen-bond acceptors (Lipinski definition) is 4. The van der Waals surface area contributed by atoms with Crippen LogP contribution in [0.4, 0.5) is 4.39 Å². The summed E-state index contributed by atoms with van der Waals surface area (Å²) >= 11 is 7.03. The molecule has 4 rings (SSSR count). The third-order valence-electron chi connectivity index (χ3n) is 5.01. The van der Waals surface area contributed by atoms with Gasteiger partial charge in [-0.2, -0.15) is 0 Å². The van der Waals surface area contributed by atoms with Crippen molar-refractivity contribution in [1.29, 1.82) is 0 Å². The second-order valence-corrected chi connectivity index (χ2v) is 7.93. The van der Waals surface area contributed by atoms with Crippen molar-refractivity contribution in [3.63, 3.8) is 0 Å². The molecule has 1 aromatic heterocycles. The van der Waals surface area contributed by atoms with Gasteiger partial charge in [-0.25, -0.2) is 9.37 Å². The Balaban J connectivity index is 1.50. The van der Waals surface area contributed by atoms with Crippen LogP contribution in [0.2, 0.25) is 4.47 Å². The number of piperazine rings is 1. The van der Waals surface area contributed by atoms with Gasteiger partial charge in [-0.3, -0.25) is 9.59 Å². The number of carbonyl (C=O) groups excluding carboxylic acids is 2. The Hall–Kier alpha value is -1.99. The molecule has 2 atom stereocenters.